The van der Waals surface area contributed by atoms with Crippen molar-refractivity contribution in [3.63, 3.8) is 0 Å². The van der Waals surface area contributed by atoms with Gasteiger partial charge in [-0.2, -0.15) is 0 Å². The summed E-state index contributed by atoms with van der Waals surface area (Å²) in [5, 5.41) is 21.1. The molecule has 0 spiro atoms. The van der Waals surface area contributed by atoms with Crippen molar-refractivity contribution in [2.45, 2.75) is 19.9 Å². The Morgan fingerprint density at radius 1 is 1.33 bits per heavy atom. The Balaban J connectivity index is 0.00000400. The first-order valence-corrected chi connectivity index (χ1v) is 6.07. The summed E-state index contributed by atoms with van der Waals surface area (Å²) in [6.07, 6.45) is 1.19. The van der Waals surface area contributed by atoms with Gasteiger partial charge in [0.2, 0.25) is 0 Å². The van der Waals surface area contributed by atoms with Crippen LogP contribution in [0.4, 0.5) is 0 Å². The molecule has 6 nitrogen and oxygen atoms in total. The molecular formula is C14H17KNO5. The maximum Gasteiger partial charge on any atom is 0.332 e. The Labute approximate surface area is 165 Å². The van der Waals surface area contributed by atoms with E-state index in [0.717, 1.165) is 0 Å². The molecule has 0 fully saturated rings. The van der Waals surface area contributed by atoms with E-state index in [1.165, 1.54) is 30.3 Å². The zero-order valence-electron chi connectivity index (χ0n) is 12.3. The van der Waals surface area contributed by atoms with Crippen molar-refractivity contribution in [2.24, 2.45) is 0 Å². The number of allylic oxidation sites excluding steroid dienone is 1. The molecule has 0 aliphatic rings. The molecular weight excluding hydrogens is 301 g/mol. The standard InChI is InChI=1S/C14H17NO5.K/c1-3-20-12(17)8-9(2)15-13(14(18)19)10-4-6-11(16)7-5-10;/h4-8,13,15-16H,3H2,1-2H3,(H,18,19);. The zero-order valence-corrected chi connectivity index (χ0v) is 15.4. The summed E-state index contributed by atoms with van der Waals surface area (Å²) in [6, 6.07) is 4.79. The van der Waals surface area contributed by atoms with Gasteiger partial charge in [0.1, 0.15) is 11.8 Å². The van der Waals surface area contributed by atoms with Gasteiger partial charge in [-0.25, -0.2) is 9.59 Å². The van der Waals surface area contributed by atoms with Crippen molar-refractivity contribution >= 4 is 63.3 Å². The molecule has 1 aromatic rings. The molecule has 1 radical (unpaired) electrons. The van der Waals surface area contributed by atoms with Crippen LogP contribution in [0.3, 0.4) is 0 Å². The van der Waals surface area contributed by atoms with E-state index in [0.29, 0.717) is 11.3 Å². The van der Waals surface area contributed by atoms with E-state index in [1.807, 2.05) is 0 Å². The molecule has 7 heteroatoms. The molecule has 1 rings (SSSR count). The summed E-state index contributed by atoms with van der Waals surface area (Å²) < 4.78 is 4.74. The molecule has 0 amide bonds. The summed E-state index contributed by atoms with van der Waals surface area (Å²) >= 11 is 0. The summed E-state index contributed by atoms with van der Waals surface area (Å²) in [5.74, 6) is -1.57. The number of carbonyl (C=O) groups is 2. The van der Waals surface area contributed by atoms with Crippen LogP contribution in [0, 0.1) is 0 Å². The first kappa shape index (κ1) is 20.1. The number of rotatable bonds is 6. The molecule has 1 atom stereocenters. The van der Waals surface area contributed by atoms with Crippen LogP contribution in [0.15, 0.2) is 36.0 Å². The second-order valence-corrected chi connectivity index (χ2v) is 4.09. The molecule has 0 aromatic heterocycles. The molecule has 0 saturated carbocycles. The molecule has 1 unspecified atom stereocenters. The maximum absolute atomic E-state index is 11.3. The second kappa shape index (κ2) is 9.96. The van der Waals surface area contributed by atoms with Gasteiger partial charge in [0.25, 0.3) is 0 Å². The van der Waals surface area contributed by atoms with Crippen molar-refractivity contribution in [3.05, 3.63) is 41.6 Å². The Kier molecular flexibility index (Phi) is 9.55. The van der Waals surface area contributed by atoms with Crippen LogP contribution in [0.5, 0.6) is 5.75 Å². The fourth-order valence-corrected chi connectivity index (χ4v) is 1.58. The molecule has 0 aliphatic heterocycles. The van der Waals surface area contributed by atoms with Gasteiger partial charge < -0.3 is 20.3 Å². The van der Waals surface area contributed by atoms with Crippen molar-refractivity contribution in [1.29, 1.82) is 0 Å². The van der Waals surface area contributed by atoms with Crippen LogP contribution in [0.1, 0.15) is 25.5 Å². The van der Waals surface area contributed by atoms with Crippen LogP contribution in [0.25, 0.3) is 0 Å². The molecule has 0 saturated heterocycles. The largest absolute Gasteiger partial charge is 0.508 e. The third-order valence-corrected chi connectivity index (χ3v) is 2.47. The van der Waals surface area contributed by atoms with E-state index >= 15 is 0 Å². The molecule has 109 valence electrons. The average molecular weight is 318 g/mol. The first-order valence-electron chi connectivity index (χ1n) is 6.07. The zero-order chi connectivity index (χ0) is 15.1. The summed E-state index contributed by atoms with van der Waals surface area (Å²) in [4.78, 5) is 22.5. The number of carboxylic acid groups (broad SMARTS) is 1. The third-order valence-electron chi connectivity index (χ3n) is 2.47. The van der Waals surface area contributed by atoms with Gasteiger partial charge in [-0.1, -0.05) is 12.1 Å². The number of nitrogens with one attached hydrogen (secondary N) is 1. The predicted molar refractivity (Wildman–Crippen MR) is 77.8 cm³/mol. The molecule has 0 heterocycles. The number of esters is 1. The van der Waals surface area contributed by atoms with Crippen LogP contribution < -0.4 is 5.32 Å². The SMILES string of the molecule is CCOC(=O)C=C(C)NC(C(=O)O)c1ccc(O)cc1.[K]. The number of carboxylic acids is 1. The molecule has 1 aromatic carbocycles. The first-order chi connectivity index (χ1) is 9.43. The van der Waals surface area contributed by atoms with Gasteiger partial charge >= 0.3 is 11.9 Å². The number of benzene rings is 1. The Morgan fingerprint density at radius 2 is 1.90 bits per heavy atom. The number of ether oxygens (including phenoxy) is 1. The molecule has 21 heavy (non-hydrogen) atoms. The van der Waals surface area contributed by atoms with Crippen LogP contribution >= 0.6 is 0 Å². The van der Waals surface area contributed by atoms with Gasteiger partial charge in [0.05, 0.1) is 6.61 Å². The Hall–Kier alpha value is -0.864. The van der Waals surface area contributed by atoms with Gasteiger partial charge in [-0.05, 0) is 31.5 Å². The minimum Gasteiger partial charge on any atom is -0.508 e. The van der Waals surface area contributed by atoms with E-state index in [9.17, 15) is 19.8 Å². The topological polar surface area (TPSA) is 95.9 Å². The van der Waals surface area contributed by atoms with Crippen LogP contribution in [0.2, 0.25) is 0 Å². The normalized spacial score (nSPS) is 12.0. The summed E-state index contributed by atoms with van der Waals surface area (Å²) in [6.45, 7) is 3.52. The number of phenolic OH excluding ortho intramolecular Hbond substituents is 1. The van der Waals surface area contributed by atoms with Crippen LogP contribution in [-0.2, 0) is 14.3 Å². The Morgan fingerprint density at radius 3 is 2.38 bits per heavy atom. The monoisotopic (exact) mass is 318 g/mol. The van der Waals surface area contributed by atoms with E-state index in [4.69, 9.17) is 4.74 Å². The fourth-order valence-electron chi connectivity index (χ4n) is 1.58. The minimum absolute atomic E-state index is 0. The van der Waals surface area contributed by atoms with Gasteiger partial charge in [0, 0.05) is 63.2 Å². The fraction of sp³-hybridized carbons (Fsp3) is 0.286. The predicted octanol–water partition coefficient (Wildman–Crippen LogP) is 1.19. The number of hydrogen-bond acceptors (Lipinski definition) is 5. The van der Waals surface area contributed by atoms with Crippen molar-refractivity contribution in [3.8, 4) is 5.75 Å². The summed E-state index contributed by atoms with van der Waals surface area (Å²) in [7, 11) is 0. The van der Waals surface area contributed by atoms with Crippen molar-refractivity contribution in [1.82, 2.24) is 5.32 Å². The van der Waals surface area contributed by atoms with Gasteiger partial charge in [0.15, 0.2) is 0 Å². The molecule has 0 bridgehead atoms. The van der Waals surface area contributed by atoms with E-state index in [-0.39, 0.29) is 63.7 Å². The third kappa shape index (κ3) is 7.10. The number of aliphatic carboxylic acids is 1. The minimum atomic E-state index is -1.09. The number of phenols is 1. The second-order valence-electron chi connectivity index (χ2n) is 4.09. The number of hydrogen-bond donors (Lipinski definition) is 3. The van der Waals surface area contributed by atoms with Gasteiger partial charge in [-0.3, -0.25) is 0 Å². The van der Waals surface area contributed by atoms with Gasteiger partial charge in [-0.15, -0.1) is 0 Å². The molecule has 0 aliphatic carbocycles. The Bertz CT molecular complexity index is 513. The number of carbonyl (C=O) groups excluding carboxylic acids is 1. The van der Waals surface area contributed by atoms with Crippen molar-refractivity contribution < 1.29 is 24.5 Å². The van der Waals surface area contributed by atoms with Crippen LogP contribution in [-0.4, -0.2) is 80.1 Å². The summed E-state index contributed by atoms with van der Waals surface area (Å²) in [5.41, 5.74) is 0.843. The van der Waals surface area contributed by atoms with E-state index in [1.54, 1.807) is 13.8 Å². The smallest absolute Gasteiger partial charge is 0.332 e. The van der Waals surface area contributed by atoms with E-state index < -0.39 is 18.0 Å². The van der Waals surface area contributed by atoms with E-state index in [2.05, 4.69) is 5.32 Å². The maximum atomic E-state index is 11.3. The quantitative estimate of drug-likeness (QED) is 0.414. The molecule has 3 N–H and O–H groups in total. The van der Waals surface area contributed by atoms with Crippen molar-refractivity contribution in [2.75, 3.05) is 6.61 Å². The average Bonchev–Trinajstić information content (AvgIpc) is 2.37. The number of aromatic hydroxyl groups is 1.